The zero-order valence-electron chi connectivity index (χ0n) is 13.9. The van der Waals surface area contributed by atoms with Crippen LogP contribution in [0.25, 0.3) is 33.6 Å². The Morgan fingerprint density at radius 3 is 2.36 bits per heavy atom. The van der Waals surface area contributed by atoms with Gasteiger partial charge in [-0.05, 0) is 31.2 Å². The van der Waals surface area contributed by atoms with Crippen LogP contribution in [0.3, 0.4) is 0 Å². The molecule has 0 bridgehead atoms. The fourth-order valence-electron chi connectivity index (χ4n) is 2.83. The molecule has 4 aromatic rings. The van der Waals surface area contributed by atoms with Crippen LogP contribution in [0.2, 0.25) is 0 Å². The Morgan fingerprint density at radius 2 is 1.60 bits per heavy atom. The fourth-order valence-corrected chi connectivity index (χ4v) is 2.83. The van der Waals surface area contributed by atoms with Crippen molar-refractivity contribution in [3.8, 4) is 28.4 Å². The van der Waals surface area contributed by atoms with Crippen molar-refractivity contribution in [2.24, 2.45) is 0 Å². The summed E-state index contributed by atoms with van der Waals surface area (Å²) in [5, 5.41) is 0.796. The van der Waals surface area contributed by atoms with E-state index in [-0.39, 0.29) is 0 Å². The maximum atomic E-state index is 11.9. The van der Waals surface area contributed by atoms with Crippen LogP contribution in [0.4, 0.5) is 0 Å². The van der Waals surface area contributed by atoms with Gasteiger partial charge in [0.1, 0.15) is 22.9 Å². The van der Waals surface area contributed by atoms with Gasteiger partial charge in [-0.15, -0.1) is 0 Å². The molecule has 0 amide bonds. The Kier molecular flexibility index (Phi) is 3.65. The highest BCUT2D eigenvalue weighted by atomic mass is 16.5. The van der Waals surface area contributed by atoms with E-state index in [1.165, 1.54) is 11.6 Å². The predicted octanol–water partition coefficient (Wildman–Crippen LogP) is 5.04. The van der Waals surface area contributed by atoms with Crippen molar-refractivity contribution in [1.82, 2.24) is 0 Å². The molecule has 0 spiro atoms. The third-order valence-electron chi connectivity index (χ3n) is 4.16. The van der Waals surface area contributed by atoms with Gasteiger partial charge < -0.3 is 13.6 Å². The molecule has 2 aromatic heterocycles. The van der Waals surface area contributed by atoms with Crippen molar-refractivity contribution in [1.29, 1.82) is 0 Å². The van der Waals surface area contributed by atoms with E-state index in [1.807, 2.05) is 55.5 Å². The lowest BCUT2D eigenvalue weighted by Crippen LogP contribution is -1.98. The molecule has 4 heteroatoms. The standard InChI is InChI=1S/C21H16O4/c1-13-3-5-14(6-4-13)18-9-10-19(24-18)17-12-21(22)25-20-11-15(23-2)7-8-16(17)20/h3-12H,1-2H3. The fraction of sp³-hybridized carbons (Fsp3) is 0.0952. The molecule has 0 saturated heterocycles. The Labute approximate surface area is 144 Å². The Bertz CT molecular complexity index is 1100. The van der Waals surface area contributed by atoms with Crippen LogP contribution in [-0.4, -0.2) is 7.11 Å². The van der Waals surface area contributed by atoms with Crippen LogP contribution in [-0.2, 0) is 0 Å². The van der Waals surface area contributed by atoms with E-state index in [4.69, 9.17) is 13.6 Å². The predicted molar refractivity (Wildman–Crippen MR) is 96.9 cm³/mol. The number of rotatable bonds is 3. The number of fused-ring (bicyclic) bond motifs is 1. The Morgan fingerprint density at radius 1 is 0.840 bits per heavy atom. The van der Waals surface area contributed by atoms with Crippen molar-refractivity contribution in [3.63, 3.8) is 0 Å². The van der Waals surface area contributed by atoms with Gasteiger partial charge in [0.2, 0.25) is 0 Å². The molecule has 124 valence electrons. The van der Waals surface area contributed by atoms with Crippen LogP contribution in [0.1, 0.15) is 5.56 Å². The number of furan rings is 1. The highest BCUT2D eigenvalue weighted by Gasteiger charge is 2.13. The first-order chi connectivity index (χ1) is 12.1. The summed E-state index contributed by atoms with van der Waals surface area (Å²) in [5.41, 5.74) is 2.92. The van der Waals surface area contributed by atoms with Crippen molar-refractivity contribution in [2.45, 2.75) is 6.92 Å². The summed E-state index contributed by atoms with van der Waals surface area (Å²) in [5.74, 6) is 2.01. The zero-order valence-corrected chi connectivity index (χ0v) is 13.9. The average Bonchev–Trinajstić information content (AvgIpc) is 3.11. The first-order valence-electron chi connectivity index (χ1n) is 7.93. The molecular formula is C21H16O4. The normalized spacial score (nSPS) is 11.0. The minimum absolute atomic E-state index is 0.427. The maximum Gasteiger partial charge on any atom is 0.336 e. The molecule has 0 aliphatic heterocycles. The Hall–Kier alpha value is -3.27. The second-order valence-electron chi connectivity index (χ2n) is 5.87. The van der Waals surface area contributed by atoms with Crippen LogP contribution in [0.5, 0.6) is 5.75 Å². The molecule has 25 heavy (non-hydrogen) atoms. The molecule has 0 saturated carbocycles. The van der Waals surface area contributed by atoms with E-state index in [0.29, 0.717) is 22.7 Å². The van der Waals surface area contributed by atoms with Crippen LogP contribution in [0.15, 0.2) is 74.3 Å². The number of methoxy groups -OCH3 is 1. The summed E-state index contributed by atoms with van der Waals surface area (Å²) in [6.45, 7) is 2.04. The SMILES string of the molecule is COc1ccc2c(-c3ccc(-c4ccc(C)cc4)o3)cc(=O)oc2c1. The molecule has 0 aliphatic carbocycles. The van der Waals surface area contributed by atoms with Gasteiger partial charge in [-0.2, -0.15) is 0 Å². The van der Waals surface area contributed by atoms with Gasteiger partial charge in [0.25, 0.3) is 0 Å². The van der Waals surface area contributed by atoms with Gasteiger partial charge in [-0.3, -0.25) is 0 Å². The number of hydrogen-bond donors (Lipinski definition) is 0. The largest absolute Gasteiger partial charge is 0.497 e. The molecule has 2 heterocycles. The second-order valence-corrected chi connectivity index (χ2v) is 5.87. The molecular weight excluding hydrogens is 316 g/mol. The molecule has 2 aromatic carbocycles. The minimum atomic E-state index is -0.427. The molecule has 0 radical (unpaired) electrons. The topological polar surface area (TPSA) is 52.6 Å². The first-order valence-corrected chi connectivity index (χ1v) is 7.93. The van der Waals surface area contributed by atoms with Gasteiger partial charge in [0.15, 0.2) is 0 Å². The molecule has 0 atom stereocenters. The monoisotopic (exact) mass is 332 g/mol. The number of benzene rings is 2. The quantitative estimate of drug-likeness (QED) is 0.493. The van der Waals surface area contributed by atoms with Gasteiger partial charge in [-0.25, -0.2) is 4.79 Å². The molecule has 0 fully saturated rings. The highest BCUT2D eigenvalue weighted by Crippen LogP contribution is 2.33. The van der Waals surface area contributed by atoms with E-state index in [9.17, 15) is 4.79 Å². The van der Waals surface area contributed by atoms with Crippen LogP contribution in [0, 0.1) is 6.92 Å². The zero-order chi connectivity index (χ0) is 17.4. The van der Waals surface area contributed by atoms with Crippen molar-refractivity contribution >= 4 is 11.0 Å². The van der Waals surface area contributed by atoms with Gasteiger partial charge in [0.05, 0.1) is 7.11 Å². The van der Waals surface area contributed by atoms with Gasteiger partial charge in [0, 0.05) is 28.6 Å². The highest BCUT2D eigenvalue weighted by molar-refractivity contribution is 5.92. The second kappa shape index (κ2) is 5.98. The molecule has 0 aliphatic rings. The Balaban J connectivity index is 1.85. The van der Waals surface area contributed by atoms with Crippen molar-refractivity contribution in [2.75, 3.05) is 7.11 Å². The molecule has 4 nitrogen and oxygen atoms in total. The average molecular weight is 332 g/mol. The van der Waals surface area contributed by atoms with Gasteiger partial charge in [-0.1, -0.05) is 29.8 Å². The molecule has 4 rings (SSSR count). The molecule has 0 N–H and O–H groups in total. The van der Waals surface area contributed by atoms with Crippen molar-refractivity contribution < 1.29 is 13.6 Å². The van der Waals surface area contributed by atoms with E-state index in [0.717, 1.165) is 16.7 Å². The van der Waals surface area contributed by atoms with E-state index in [2.05, 4.69) is 0 Å². The lowest BCUT2D eigenvalue weighted by molar-refractivity contribution is 0.414. The number of aryl methyl sites for hydroxylation is 1. The van der Waals surface area contributed by atoms with E-state index in [1.54, 1.807) is 13.2 Å². The summed E-state index contributed by atoms with van der Waals surface area (Å²) in [6, 6.07) is 18.7. The summed E-state index contributed by atoms with van der Waals surface area (Å²) >= 11 is 0. The number of hydrogen-bond acceptors (Lipinski definition) is 4. The lowest BCUT2D eigenvalue weighted by atomic mass is 10.1. The van der Waals surface area contributed by atoms with Crippen LogP contribution >= 0.6 is 0 Å². The van der Waals surface area contributed by atoms with E-state index >= 15 is 0 Å². The summed E-state index contributed by atoms with van der Waals surface area (Å²) in [4.78, 5) is 11.9. The van der Waals surface area contributed by atoms with Crippen LogP contribution < -0.4 is 10.4 Å². The summed E-state index contributed by atoms with van der Waals surface area (Å²) < 4.78 is 16.5. The maximum absolute atomic E-state index is 11.9. The van der Waals surface area contributed by atoms with Gasteiger partial charge >= 0.3 is 5.63 Å². The smallest absolute Gasteiger partial charge is 0.336 e. The van der Waals surface area contributed by atoms with E-state index < -0.39 is 5.63 Å². The molecule has 0 unspecified atom stereocenters. The first kappa shape index (κ1) is 15.3. The summed E-state index contributed by atoms with van der Waals surface area (Å²) in [7, 11) is 1.57. The van der Waals surface area contributed by atoms with Crippen molar-refractivity contribution in [3.05, 3.63) is 76.6 Å². The minimum Gasteiger partial charge on any atom is -0.497 e. The lowest BCUT2D eigenvalue weighted by Gasteiger charge is -2.05. The number of ether oxygens (including phenoxy) is 1. The third-order valence-corrected chi connectivity index (χ3v) is 4.16. The summed E-state index contributed by atoms with van der Waals surface area (Å²) in [6.07, 6.45) is 0. The third kappa shape index (κ3) is 2.83.